The van der Waals surface area contributed by atoms with E-state index in [0.29, 0.717) is 12.3 Å². The van der Waals surface area contributed by atoms with Gasteiger partial charge < -0.3 is 19.5 Å². The van der Waals surface area contributed by atoms with Crippen molar-refractivity contribution in [2.75, 3.05) is 18.1 Å². The molecule has 188 valence electrons. The Morgan fingerprint density at radius 3 is 2.41 bits per heavy atom. The first-order valence-electron chi connectivity index (χ1n) is 12.7. The fourth-order valence-electron chi connectivity index (χ4n) is 5.30. The maximum Gasteiger partial charge on any atom is 0.348 e. The lowest BCUT2D eigenvalue weighted by atomic mass is 9.86. The summed E-state index contributed by atoms with van der Waals surface area (Å²) in [6, 6.07) is 1.97. The van der Waals surface area contributed by atoms with Crippen LogP contribution in [0.4, 0.5) is 5.69 Å². The Hall–Kier alpha value is -1.70. The quantitative estimate of drug-likeness (QED) is 0.501. The second-order valence-corrected chi connectivity index (χ2v) is 12.2. The number of hydrogen-bond acceptors (Lipinski definition) is 5. The van der Waals surface area contributed by atoms with Crippen molar-refractivity contribution in [2.24, 2.45) is 5.92 Å². The van der Waals surface area contributed by atoms with Gasteiger partial charge in [-0.05, 0) is 69.8 Å². The Kier molecular flexibility index (Phi) is 7.85. The van der Waals surface area contributed by atoms with Crippen LogP contribution < -0.4 is 4.90 Å². The average Bonchev–Trinajstić information content (AvgIpc) is 3.46. The second kappa shape index (κ2) is 10.5. The van der Waals surface area contributed by atoms with E-state index in [9.17, 15) is 14.7 Å². The van der Waals surface area contributed by atoms with Crippen LogP contribution in [0, 0.1) is 5.92 Å². The van der Waals surface area contributed by atoms with E-state index in [-0.39, 0.29) is 40.4 Å². The molecule has 2 heterocycles. The molecule has 0 spiro atoms. The third kappa shape index (κ3) is 5.74. The van der Waals surface area contributed by atoms with Gasteiger partial charge in [0.25, 0.3) is 0 Å². The van der Waals surface area contributed by atoms with E-state index < -0.39 is 5.97 Å². The number of ether oxygens (including phenoxy) is 2. The van der Waals surface area contributed by atoms with E-state index in [4.69, 9.17) is 9.47 Å². The molecule has 7 heteroatoms. The summed E-state index contributed by atoms with van der Waals surface area (Å²) < 4.78 is 11.7. The molecule has 4 rings (SSSR count). The van der Waals surface area contributed by atoms with Gasteiger partial charge in [-0.15, -0.1) is 11.3 Å². The van der Waals surface area contributed by atoms with Crippen LogP contribution in [-0.4, -0.2) is 48.4 Å². The van der Waals surface area contributed by atoms with Crippen molar-refractivity contribution in [2.45, 2.75) is 103 Å². The summed E-state index contributed by atoms with van der Waals surface area (Å²) in [6.07, 6.45) is 9.40. The topological polar surface area (TPSA) is 76.1 Å². The third-order valence-corrected chi connectivity index (χ3v) is 8.95. The van der Waals surface area contributed by atoms with E-state index >= 15 is 0 Å². The predicted molar refractivity (Wildman–Crippen MR) is 135 cm³/mol. The highest BCUT2D eigenvalue weighted by Gasteiger charge is 2.38. The summed E-state index contributed by atoms with van der Waals surface area (Å²) in [7, 11) is 0. The van der Waals surface area contributed by atoms with Gasteiger partial charge in [0.1, 0.15) is 4.88 Å². The maximum absolute atomic E-state index is 14.0. The number of anilines is 1. The van der Waals surface area contributed by atoms with Crippen LogP contribution in [0.3, 0.4) is 0 Å². The molecule has 0 unspecified atom stereocenters. The summed E-state index contributed by atoms with van der Waals surface area (Å²) in [5.74, 6) is -0.961. The zero-order chi connectivity index (χ0) is 24.5. The molecule has 34 heavy (non-hydrogen) atoms. The van der Waals surface area contributed by atoms with Crippen LogP contribution in [0.5, 0.6) is 0 Å². The van der Waals surface area contributed by atoms with Gasteiger partial charge in [-0.1, -0.05) is 32.4 Å². The van der Waals surface area contributed by atoms with E-state index in [2.05, 4.69) is 33.8 Å². The Balaban J connectivity index is 1.60. The van der Waals surface area contributed by atoms with E-state index in [1.165, 1.54) is 16.9 Å². The molecule has 1 aromatic rings. The van der Waals surface area contributed by atoms with E-state index in [1.54, 1.807) is 0 Å². The minimum absolute atomic E-state index is 0.000278. The van der Waals surface area contributed by atoms with Gasteiger partial charge in [-0.2, -0.15) is 0 Å². The monoisotopic (exact) mass is 489 g/mol. The zero-order valence-electron chi connectivity index (χ0n) is 21.0. The van der Waals surface area contributed by atoms with Gasteiger partial charge in [0.2, 0.25) is 5.91 Å². The number of nitrogens with zero attached hydrogens (tertiary/aromatic N) is 1. The first-order valence-corrected chi connectivity index (χ1v) is 13.5. The third-order valence-electron chi connectivity index (χ3n) is 7.41. The number of amides is 1. The fraction of sp³-hybridized carbons (Fsp3) is 0.704. The lowest BCUT2D eigenvalue weighted by molar-refractivity contribution is -0.123. The van der Waals surface area contributed by atoms with Crippen LogP contribution in [-0.2, 0) is 19.7 Å². The molecule has 1 aliphatic heterocycles. The van der Waals surface area contributed by atoms with Gasteiger partial charge in [0.05, 0.1) is 24.5 Å². The van der Waals surface area contributed by atoms with Crippen LogP contribution in [0.1, 0.15) is 93.6 Å². The molecule has 1 amide bonds. The lowest BCUT2D eigenvalue weighted by Crippen LogP contribution is -2.47. The zero-order valence-corrected chi connectivity index (χ0v) is 21.8. The lowest BCUT2D eigenvalue weighted by Gasteiger charge is -2.39. The van der Waals surface area contributed by atoms with Crippen molar-refractivity contribution in [1.82, 2.24) is 0 Å². The van der Waals surface area contributed by atoms with Gasteiger partial charge in [0, 0.05) is 23.4 Å². The van der Waals surface area contributed by atoms with Crippen LogP contribution in [0.2, 0.25) is 0 Å². The Morgan fingerprint density at radius 1 is 1.12 bits per heavy atom. The Bertz CT molecular complexity index is 916. The van der Waals surface area contributed by atoms with Crippen molar-refractivity contribution in [3.05, 3.63) is 27.5 Å². The highest BCUT2D eigenvalue weighted by molar-refractivity contribution is 7.14. The predicted octanol–water partition coefficient (Wildman–Crippen LogP) is 5.94. The number of carboxylic acid groups (broad SMARTS) is 1. The SMILES string of the molecule is CC1=CC[C@H](C(=O)N(c2cc(C(C)(C)C)sc2C(=O)O)[C@H]2CC[C@H](O[C@H]3CCOC3)CC2)CC1. The molecule has 6 nitrogen and oxygen atoms in total. The second-order valence-electron chi connectivity index (χ2n) is 11.2. The number of thiophene rings is 1. The maximum atomic E-state index is 14.0. The smallest absolute Gasteiger partial charge is 0.348 e. The van der Waals surface area contributed by atoms with Gasteiger partial charge in [-0.3, -0.25) is 4.79 Å². The number of aromatic carboxylic acids is 1. The summed E-state index contributed by atoms with van der Waals surface area (Å²) in [5, 5.41) is 10.1. The number of rotatable bonds is 6. The minimum Gasteiger partial charge on any atom is -0.477 e. The van der Waals surface area contributed by atoms with Crippen molar-refractivity contribution < 1.29 is 24.2 Å². The number of carboxylic acids is 1. The first-order chi connectivity index (χ1) is 16.1. The molecule has 3 aliphatic rings. The summed E-state index contributed by atoms with van der Waals surface area (Å²) in [5.41, 5.74) is 1.75. The number of hydrogen-bond donors (Lipinski definition) is 1. The molecule has 1 saturated carbocycles. The van der Waals surface area contributed by atoms with E-state index in [1.807, 2.05) is 11.0 Å². The normalized spacial score (nSPS) is 27.9. The molecule has 0 bridgehead atoms. The van der Waals surface area contributed by atoms with Crippen LogP contribution in [0.15, 0.2) is 17.7 Å². The first kappa shape index (κ1) is 25.4. The Labute approximate surface area is 207 Å². The van der Waals surface area contributed by atoms with Crippen LogP contribution >= 0.6 is 11.3 Å². The fourth-order valence-corrected chi connectivity index (χ4v) is 6.34. The van der Waals surface area contributed by atoms with Crippen molar-refractivity contribution in [3.8, 4) is 0 Å². The summed E-state index contributed by atoms with van der Waals surface area (Å²) in [6.45, 7) is 9.82. The molecule has 0 aromatic carbocycles. The van der Waals surface area contributed by atoms with Gasteiger partial charge in [-0.25, -0.2) is 4.79 Å². The molecule has 2 fully saturated rings. The number of allylic oxidation sites excluding steroid dienone is 2. The molecule has 1 saturated heterocycles. The van der Waals surface area contributed by atoms with Crippen molar-refractivity contribution in [3.63, 3.8) is 0 Å². The van der Waals surface area contributed by atoms with Crippen molar-refractivity contribution >= 4 is 28.9 Å². The molecule has 2 atom stereocenters. The Morgan fingerprint density at radius 2 is 1.85 bits per heavy atom. The molecule has 1 N–H and O–H groups in total. The van der Waals surface area contributed by atoms with Crippen molar-refractivity contribution in [1.29, 1.82) is 0 Å². The molecule has 2 aliphatic carbocycles. The highest BCUT2D eigenvalue weighted by atomic mass is 32.1. The summed E-state index contributed by atoms with van der Waals surface area (Å²) >= 11 is 1.31. The highest BCUT2D eigenvalue weighted by Crippen LogP contribution is 2.41. The van der Waals surface area contributed by atoms with Gasteiger partial charge in [0.15, 0.2) is 0 Å². The van der Waals surface area contributed by atoms with E-state index in [0.717, 1.165) is 62.9 Å². The molecule has 0 radical (unpaired) electrons. The minimum atomic E-state index is -0.953. The standard InChI is InChI=1S/C27H39NO5S/c1-17-5-7-18(8-6-17)25(29)28(22-15-23(27(2,3)4)34-24(22)26(30)31)19-9-11-20(12-10-19)33-21-13-14-32-16-21/h5,15,18-21H,6-14,16H2,1-4H3,(H,30,31)/t18-,19-,20-,21-/m0/s1. The van der Waals surface area contributed by atoms with Gasteiger partial charge >= 0.3 is 5.97 Å². The molecule has 1 aromatic heterocycles. The number of carbonyl (C=O) groups is 2. The molecular formula is C27H39NO5S. The average molecular weight is 490 g/mol. The number of carbonyl (C=O) groups excluding carboxylic acids is 1. The van der Waals surface area contributed by atoms with Crippen LogP contribution in [0.25, 0.3) is 0 Å². The molecular weight excluding hydrogens is 450 g/mol. The summed E-state index contributed by atoms with van der Waals surface area (Å²) in [4.78, 5) is 29.4. The largest absolute Gasteiger partial charge is 0.477 e.